The zero-order chi connectivity index (χ0) is 21.2. The molecule has 156 valence electrons. The van der Waals surface area contributed by atoms with E-state index in [2.05, 4.69) is 5.32 Å². The summed E-state index contributed by atoms with van der Waals surface area (Å²) in [6.45, 7) is 6.66. The summed E-state index contributed by atoms with van der Waals surface area (Å²) in [6, 6.07) is 7.70. The van der Waals surface area contributed by atoms with Crippen molar-refractivity contribution in [3.8, 4) is 0 Å². The topological polar surface area (TPSA) is 63.6 Å². The van der Waals surface area contributed by atoms with Crippen LogP contribution in [-0.4, -0.2) is 40.2 Å². The Balaban J connectivity index is 1.64. The van der Waals surface area contributed by atoms with E-state index >= 15 is 0 Å². The largest absolute Gasteiger partial charge is 0.444 e. The van der Waals surface area contributed by atoms with Crippen molar-refractivity contribution in [2.75, 3.05) is 18.4 Å². The van der Waals surface area contributed by atoms with Gasteiger partial charge in [0.15, 0.2) is 0 Å². The first-order chi connectivity index (χ1) is 13.6. The first-order valence-corrected chi connectivity index (χ1v) is 9.93. The van der Waals surface area contributed by atoms with Crippen molar-refractivity contribution in [1.82, 2.24) is 9.47 Å². The Morgan fingerprint density at radius 1 is 1.21 bits per heavy atom. The van der Waals surface area contributed by atoms with Gasteiger partial charge in [-0.1, -0.05) is 11.6 Å². The fourth-order valence-electron chi connectivity index (χ4n) is 3.33. The molecule has 0 unspecified atom stereocenters. The minimum Gasteiger partial charge on any atom is -0.444 e. The van der Waals surface area contributed by atoms with E-state index in [-0.39, 0.29) is 23.1 Å². The lowest BCUT2D eigenvalue weighted by Crippen LogP contribution is -2.42. The van der Waals surface area contributed by atoms with Gasteiger partial charge in [-0.25, -0.2) is 9.18 Å². The van der Waals surface area contributed by atoms with Crippen molar-refractivity contribution in [3.05, 3.63) is 53.1 Å². The highest BCUT2D eigenvalue weighted by molar-refractivity contribution is 6.31. The van der Waals surface area contributed by atoms with Crippen molar-refractivity contribution >= 4 is 29.3 Å². The number of anilines is 1. The Bertz CT molecular complexity index is 899. The van der Waals surface area contributed by atoms with Gasteiger partial charge in [-0.2, -0.15) is 0 Å². The Morgan fingerprint density at radius 2 is 1.90 bits per heavy atom. The van der Waals surface area contributed by atoms with Gasteiger partial charge < -0.3 is 19.5 Å². The van der Waals surface area contributed by atoms with E-state index in [0.717, 1.165) is 12.8 Å². The SMILES string of the molecule is CC(C)(C)OC(=O)N1CCC(n2cccc2C(=O)Nc2ccc(F)c(Cl)c2)CC1. The van der Waals surface area contributed by atoms with Crippen molar-refractivity contribution < 1.29 is 18.7 Å². The summed E-state index contributed by atoms with van der Waals surface area (Å²) >= 11 is 5.78. The zero-order valence-electron chi connectivity index (χ0n) is 16.7. The van der Waals surface area contributed by atoms with Crippen LogP contribution in [0, 0.1) is 5.82 Å². The normalized spacial score (nSPS) is 15.3. The standard InChI is InChI=1S/C21H25ClFN3O3/c1-21(2,3)29-20(28)25-11-8-15(9-12-25)26-10-4-5-18(26)19(27)24-14-6-7-17(23)16(22)13-14/h4-7,10,13,15H,8-9,11-12H2,1-3H3,(H,24,27). The molecule has 2 amide bonds. The zero-order valence-corrected chi connectivity index (χ0v) is 17.5. The number of carbonyl (C=O) groups excluding carboxylic acids is 2. The van der Waals surface area contributed by atoms with Crippen LogP contribution >= 0.6 is 11.6 Å². The second kappa shape index (κ2) is 8.45. The van der Waals surface area contributed by atoms with Crippen molar-refractivity contribution in [1.29, 1.82) is 0 Å². The average molecular weight is 422 g/mol. The smallest absolute Gasteiger partial charge is 0.410 e. The lowest BCUT2D eigenvalue weighted by Gasteiger charge is -2.34. The molecular formula is C21H25ClFN3O3. The molecule has 1 fully saturated rings. The number of piperidine rings is 1. The third-order valence-electron chi connectivity index (χ3n) is 4.70. The van der Waals surface area contributed by atoms with Crippen LogP contribution in [0.15, 0.2) is 36.5 Å². The van der Waals surface area contributed by atoms with Gasteiger partial charge in [-0.15, -0.1) is 0 Å². The number of rotatable bonds is 3. The first kappa shape index (κ1) is 21.2. The maximum absolute atomic E-state index is 13.3. The molecule has 2 heterocycles. The molecule has 6 nitrogen and oxygen atoms in total. The molecule has 1 aliphatic rings. The fraction of sp³-hybridized carbons (Fsp3) is 0.429. The van der Waals surface area contributed by atoms with Crippen LogP contribution in [0.1, 0.15) is 50.1 Å². The molecule has 0 spiro atoms. The number of halogens is 2. The molecule has 1 aromatic carbocycles. The molecule has 0 saturated carbocycles. The highest BCUT2D eigenvalue weighted by atomic mass is 35.5. The summed E-state index contributed by atoms with van der Waals surface area (Å²) in [6.07, 6.45) is 2.99. The molecule has 1 N–H and O–H groups in total. The van der Waals surface area contributed by atoms with Crippen LogP contribution < -0.4 is 5.32 Å². The summed E-state index contributed by atoms with van der Waals surface area (Å²) < 4.78 is 20.7. The van der Waals surface area contributed by atoms with Crippen LogP contribution in [0.2, 0.25) is 5.02 Å². The molecule has 0 radical (unpaired) electrons. The van der Waals surface area contributed by atoms with Crippen molar-refractivity contribution in [2.24, 2.45) is 0 Å². The van der Waals surface area contributed by atoms with E-state index in [1.165, 1.54) is 18.2 Å². The van der Waals surface area contributed by atoms with Gasteiger partial charge in [-0.3, -0.25) is 4.79 Å². The minimum absolute atomic E-state index is 0.0484. The van der Waals surface area contributed by atoms with Gasteiger partial charge in [0.25, 0.3) is 5.91 Å². The molecule has 0 aliphatic carbocycles. The predicted octanol–water partition coefficient (Wildman–Crippen LogP) is 5.10. The number of ether oxygens (including phenoxy) is 1. The van der Waals surface area contributed by atoms with E-state index in [4.69, 9.17) is 16.3 Å². The lowest BCUT2D eigenvalue weighted by atomic mass is 10.0. The van der Waals surface area contributed by atoms with Crippen LogP contribution in [0.25, 0.3) is 0 Å². The van der Waals surface area contributed by atoms with Gasteiger partial charge >= 0.3 is 6.09 Å². The highest BCUT2D eigenvalue weighted by Crippen LogP contribution is 2.26. The maximum Gasteiger partial charge on any atom is 0.410 e. The molecule has 1 aliphatic heterocycles. The van der Waals surface area contributed by atoms with Crippen LogP contribution in [0.5, 0.6) is 0 Å². The Labute approximate surface area is 174 Å². The fourth-order valence-corrected chi connectivity index (χ4v) is 3.51. The molecule has 0 bridgehead atoms. The monoisotopic (exact) mass is 421 g/mol. The molecule has 8 heteroatoms. The predicted molar refractivity (Wildman–Crippen MR) is 110 cm³/mol. The second-order valence-electron chi connectivity index (χ2n) is 8.08. The Morgan fingerprint density at radius 3 is 2.52 bits per heavy atom. The summed E-state index contributed by atoms with van der Waals surface area (Å²) in [5.41, 5.74) is 0.401. The van der Waals surface area contributed by atoms with E-state index in [0.29, 0.717) is 24.5 Å². The molecular weight excluding hydrogens is 397 g/mol. The average Bonchev–Trinajstić information content (AvgIpc) is 3.13. The number of benzene rings is 1. The number of nitrogens with zero attached hydrogens (tertiary/aromatic N) is 2. The van der Waals surface area contributed by atoms with Gasteiger partial charge in [0.2, 0.25) is 0 Å². The first-order valence-electron chi connectivity index (χ1n) is 9.55. The summed E-state index contributed by atoms with van der Waals surface area (Å²) in [5, 5.41) is 2.70. The van der Waals surface area contributed by atoms with Gasteiger partial charge in [0.1, 0.15) is 17.1 Å². The Hall–Kier alpha value is -2.54. The van der Waals surface area contributed by atoms with E-state index < -0.39 is 11.4 Å². The van der Waals surface area contributed by atoms with Crippen molar-refractivity contribution in [3.63, 3.8) is 0 Å². The molecule has 0 atom stereocenters. The molecule has 29 heavy (non-hydrogen) atoms. The van der Waals surface area contributed by atoms with Crippen LogP contribution in [0.4, 0.5) is 14.9 Å². The highest BCUT2D eigenvalue weighted by Gasteiger charge is 2.28. The second-order valence-corrected chi connectivity index (χ2v) is 8.49. The van der Waals surface area contributed by atoms with E-state index in [1.54, 1.807) is 11.0 Å². The number of amides is 2. The van der Waals surface area contributed by atoms with Crippen molar-refractivity contribution in [2.45, 2.75) is 45.3 Å². The number of hydrogen-bond acceptors (Lipinski definition) is 3. The number of likely N-dealkylation sites (tertiary alicyclic amines) is 1. The number of carbonyl (C=O) groups is 2. The number of hydrogen-bond donors (Lipinski definition) is 1. The van der Waals surface area contributed by atoms with E-state index in [9.17, 15) is 14.0 Å². The lowest BCUT2D eigenvalue weighted by molar-refractivity contribution is 0.0187. The molecule has 3 rings (SSSR count). The third kappa shape index (κ3) is 5.29. The summed E-state index contributed by atoms with van der Waals surface area (Å²) in [5.74, 6) is -0.836. The van der Waals surface area contributed by atoms with E-state index in [1.807, 2.05) is 37.6 Å². The summed E-state index contributed by atoms with van der Waals surface area (Å²) in [4.78, 5) is 26.6. The van der Waals surface area contributed by atoms with Crippen LogP contribution in [-0.2, 0) is 4.74 Å². The van der Waals surface area contributed by atoms with Gasteiger partial charge in [-0.05, 0) is 63.9 Å². The quantitative estimate of drug-likeness (QED) is 0.749. The number of aromatic nitrogens is 1. The van der Waals surface area contributed by atoms with Gasteiger partial charge in [0.05, 0.1) is 5.02 Å². The molecule has 2 aromatic rings. The summed E-state index contributed by atoms with van der Waals surface area (Å²) in [7, 11) is 0. The molecule has 1 aromatic heterocycles. The van der Waals surface area contributed by atoms with Crippen LogP contribution in [0.3, 0.4) is 0 Å². The third-order valence-corrected chi connectivity index (χ3v) is 4.99. The molecule has 1 saturated heterocycles. The minimum atomic E-state index is -0.537. The Kier molecular flexibility index (Phi) is 6.17. The van der Waals surface area contributed by atoms with Gasteiger partial charge in [0, 0.05) is 31.0 Å². The maximum atomic E-state index is 13.3. The number of nitrogens with one attached hydrogen (secondary N) is 1.